The Labute approximate surface area is 110 Å². The summed E-state index contributed by atoms with van der Waals surface area (Å²) in [6, 6.07) is 7.62. The number of anilines is 1. The lowest BCUT2D eigenvalue weighted by Gasteiger charge is -2.06. The average molecular weight is 258 g/mol. The van der Waals surface area contributed by atoms with Crippen LogP contribution in [-0.2, 0) is 0 Å². The Morgan fingerprint density at radius 2 is 2.05 bits per heavy atom. The quantitative estimate of drug-likeness (QED) is 0.858. The topological polar surface area (TPSA) is 82.3 Å². The molecule has 2 heterocycles. The van der Waals surface area contributed by atoms with Gasteiger partial charge in [-0.25, -0.2) is 9.97 Å². The lowest BCUT2D eigenvalue weighted by atomic mass is 10.1. The van der Waals surface area contributed by atoms with Crippen molar-refractivity contribution < 1.29 is 9.47 Å². The summed E-state index contributed by atoms with van der Waals surface area (Å²) >= 11 is 0. The van der Waals surface area contributed by atoms with Crippen molar-refractivity contribution in [1.82, 2.24) is 9.97 Å². The van der Waals surface area contributed by atoms with Gasteiger partial charge in [0.05, 0.1) is 5.69 Å². The number of nitrogens with two attached hydrogens (primary N) is 1. The summed E-state index contributed by atoms with van der Waals surface area (Å²) in [7, 11) is 0. The molecule has 0 atom stereocenters. The first-order valence-corrected chi connectivity index (χ1v) is 6.03. The minimum atomic E-state index is 0.270. The number of nitrogens with one attached hydrogen (secondary N) is 1. The molecule has 98 valence electrons. The van der Waals surface area contributed by atoms with Crippen LogP contribution in [0.4, 0.5) is 5.82 Å². The molecule has 0 saturated heterocycles. The smallest absolute Gasteiger partial charge is 0.231 e. The Bertz CT molecular complexity index is 589. The second kappa shape index (κ2) is 5.11. The van der Waals surface area contributed by atoms with Crippen molar-refractivity contribution >= 4 is 5.82 Å². The van der Waals surface area contributed by atoms with Crippen LogP contribution >= 0.6 is 0 Å². The third-order valence-electron chi connectivity index (χ3n) is 2.79. The van der Waals surface area contributed by atoms with Crippen molar-refractivity contribution in [2.24, 2.45) is 5.73 Å². The van der Waals surface area contributed by atoms with Gasteiger partial charge < -0.3 is 20.5 Å². The molecule has 0 amide bonds. The Morgan fingerprint density at radius 3 is 2.95 bits per heavy atom. The summed E-state index contributed by atoms with van der Waals surface area (Å²) < 4.78 is 10.6. The molecule has 1 aliphatic rings. The van der Waals surface area contributed by atoms with Crippen molar-refractivity contribution in [1.29, 1.82) is 0 Å². The van der Waals surface area contributed by atoms with E-state index in [1.165, 1.54) is 6.33 Å². The zero-order chi connectivity index (χ0) is 13.1. The van der Waals surface area contributed by atoms with Crippen LogP contribution in [0.25, 0.3) is 11.3 Å². The van der Waals surface area contributed by atoms with Crippen LogP contribution in [0.3, 0.4) is 0 Å². The summed E-state index contributed by atoms with van der Waals surface area (Å²) in [6.07, 6.45) is 1.53. The molecule has 1 aromatic heterocycles. The van der Waals surface area contributed by atoms with Gasteiger partial charge in [0.2, 0.25) is 6.79 Å². The Balaban J connectivity index is 1.89. The fourth-order valence-corrected chi connectivity index (χ4v) is 1.87. The van der Waals surface area contributed by atoms with E-state index < -0.39 is 0 Å². The van der Waals surface area contributed by atoms with E-state index >= 15 is 0 Å². The lowest BCUT2D eigenvalue weighted by molar-refractivity contribution is 0.174. The molecule has 0 saturated carbocycles. The lowest BCUT2D eigenvalue weighted by Crippen LogP contribution is -2.13. The van der Waals surface area contributed by atoms with E-state index in [1.54, 1.807) is 0 Å². The van der Waals surface area contributed by atoms with Crippen molar-refractivity contribution in [3.63, 3.8) is 0 Å². The Morgan fingerprint density at radius 1 is 1.16 bits per heavy atom. The van der Waals surface area contributed by atoms with Gasteiger partial charge in [0.25, 0.3) is 0 Å². The van der Waals surface area contributed by atoms with Gasteiger partial charge >= 0.3 is 0 Å². The number of fused-ring (bicyclic) bond motifs is 1. The van der Waals surface area contributed by atoms with Crippen LogP contribution < -0.4 is 20.5 Å². The average Bonchev–Trinajstić information content (AvgIpc) is 2.92. The van der Waals surface area contributed by atoms with Gasteiger partial charge in [0.1, 0.15) is 12.1 Å². The third kappa shape index (κ3) is 2.43. The molecule has 19 heavy (non-hydrogen) atoms. The van der Waals surface area contributed by atoms with Gasteiger partial charge in [0, 0.05) is 24.7 Å². The maximum atomic E-state index is 5.45. The highest BCUT2D eigenvalue weighted by molar-refractivity contribution is 5.66. The summed E-state index contributed by atoms with van der Waals surface area (Å²) in [5.41, 5.74) is 7.24. The fourth-order valence-electron chi connectivity index (χ4n) is 1.87. The SMILES string of the molecule is NCCNc1cc(-c2ccc3c(c2)OCO3)ncn1. The monoisotopic (exact) mass is 258 g/mol. The summed E-state index contributed by atoms with van der Waals surface area (Å²) in [5, 5.41) is 3.12. The molecular formula is C13H14N4O2. The second-order valence-electron chi connectivity index (χ2n) is 4.07. The van der Waals surface area contributed by atoms with Crippen LogP contribution in [0.2, 0.25) is 0 Å². The van der Waals surface area contributed by atoms with E-state index in [-0.39, 0.29) is 6.79 Å². The number of ether oxygens (including phenoxy) is 2. The van der Waals surface area contributed by atoms with Gasteiger partial charge in [-0.1, -0.05) is 0 Å². The van der Waals surface area contributed by atoms with Gasteiger partial charge in [-0.3, -0.25) is 0 Å². The molecule has 0 spiro atoms. The molecule has 1 aromatic carbocycles. The number of hydrogen-bond donors (Lipinski definition) is 2. The van der Waals surface area contributed by atoms with Gasteiger partial charge in [-0.05, 0) is 18.2 Å². The molecule has 3 rings (SSSR count). The molecule has 0 aliphatic carbocycles. The number of rotatable bonds is 4. The molecule has 0 unspecified atom stereocenters. The maximum Gasteiger partial charge on any atom is 0.231 e. The van der Waals surface area contributed by atoms with E-state index in [0.29, 0.717) is 13.1 Å². The van der Waals surface area contributed by atoms with Crippen molar-refractivity contribution in [3.8, 4) is 22.8 Å². The Hall–Kier alpha value is -2.34. The second-order valence-corrected chi connectivity index (χ2v) is 4.07. The van der Waals surface area contributed by atoms with Crippen molar-refractivity contribution in [2.75, 3.05) is 25.2 Å². The standard InChI is InChI=1S/C13H14N4O2/c14-3-4-15-13-6-10(16-7-17-13)9-1-2-11-12(5-9)19-8-18-11/h1-2,5-7H,3-4,8,14H2,(H,15,16,17). The van der Waals surface area contributed by atoms with E-state index in [1.807, 2.05) is 24.3 Å². The van der Waals surface area contributed by atoms with Crippen LogP contribution in [0, 0.1) is 0 Å². The predicted molar refractivity (Wildman–Crippen MR) is 71.1 cm³/mol. The summed E-state index contributed by atoms with van der Waals surface area (Å²) in [5.74, 6) is 2.26. The highest BCUT2D eigenvalue weighted by atomic mass is 16.7. The summed E-state index contributed by atoms with van der Waals surface area (Å²) in [6.45, 7) is 1.51. The van der Waals surface area contributed by atoms with Crippen molar-refractivity contribution in [3.05, 3.63) is 30.6 Å². The minimum absolute atomic E-state index is 0.270. The summed E-state index contributed by atoms with van der Waals surface area (Å²) in [4.78, 5) is 8.41. The van der Waals surface area contributed by atoms with E-state index in [0.717, 1.165) is 28.6 Å². The molecule has 3 N–H and O–H groups in total. The normalized spacial score (nSPS) is 12.5. The van der Waals surface area contributed by atoms with Crippen LogP contribution in [-0.4, -0.2) is 29.9 Å². The third-order valence-corrected chi connectivity index (χ3v) is 2.79. The molecular weight excluding hydrogens is 244 g/mol. The first-order valence-electron chi connectivity index (χ1n) is 6.03. The largest absolute Gasteiger partial charge is 0.454 e. The zero-order valence-electron chi connectivity index (χ0n) is 10.3. The molecule has 6 nitrogen and oxygen atoms in total. The minimum Gasteiger partial charge on any atom is -0.454 e. The van der Waals surface area contributed by atoms with Gasteiger partial charge in [-0.15, -0.1) is 0 Å². The van der Waals surface area contributed by atoms with Gasteiger partial charge in [-0.2, -0.15) is 0 Å². The molecule has 0 bridgehead atoms. The molecule has 0 radical (unpaired) electrons. The predicted octanol–water partition coefficient (Wildman–Crippen LogP) is 1.24. The molecule has 2 aromatic rings. The first kappa shape index (κ1) is 11.7. The van der Waals surface area contributed by atoms with Crippen LogP contribution in [0.1, 0.15) is 0 Å². The van der Waals surface area contributed by atoms with Crippen molar-refractivity contribution in [2.45, 2.75) is 0 Å². The van der Waals surface area contributed by atoms with Crippen LogP contribution in [0.5, 0.6) is 11.5 Å². The number of nitrogens with zero attached hydrogens (tertiary/aromatic N) is 2. The highest BCUT2D eigenvalue weighted by Gasteiger charge is 2.14. The highest BCUT2D eigenvalue weighted by Crippen LogP contribution is 2.35. The Kier molecular flexibility index (Phi) is 3.16. The van der Waals surface area contributed by atoms with E-state index in [9.17, 15) is 0 Å². The van der Waals surface area contributed by atoms with Crippen LogP contribution in [0.15, 0.2) is 30.6 Å². The molecule has 0 fully saturated rings. The first-order chi connectivity index (χ1) is 9.36. The number of benzene rings is 1. The van der Waals surface area contributed by atoms with E-state index in [4.69, 9.17) is 15.2 Å². The fraction of sp³-hybridized carbons (Fsp3) is 0.231. The zero-order valence-corrected chi connectivity index (χ0v) is 10.3. The number of hydrogen-bond acceptors (Lipinski definition) is 6. The van der Waals surface area contributed by atoms with E-state index in [2.05, 4.69) is 15.3 Å². The maximum absolute atomic E-state index is 5.45. The molecule has 6 heteroatoms. The number of aromatic nitrogens is 2. The van der Waals surface area contributed by atoms with Gasteiger partial charge in [0.15, 0.2) is 11.5 Å². The molecule has 1 aliphatic heterocycles.